The molecule has 0 bridgehead atoms. The Hall–Kier alpha value is -4.13. The van der Waals surface area contributed by atoms with Crippen LogP contribution in [-0.4, -0.2) is 34.8 Å². The van der Waals surface area contributed by atoms with E-state index in [4.69, 9.17) is 0 Å². The van der Waals surface area contributed by atoms with Crippen molar-refractivity contribution in [3.63, 3.8) is 0 Å². The monoisotopic (exact) mass is 431 g/mol. The molecule has 4 N–H and O–H groups in total. The van der Waals surface area contributed by atoms with Crippen LogP contribution in [0.25, 0.3) is 0 Å². The maximum atomic E-state index is 12.9. The number of amides is 2. The standard InChI is InChI=1S/C25H25N3O4/c1-16-13-21(29)17(2)24(31)20(16)14-27-28-22(30)15-26-25(32)23(18-9-5-3-6-10-18)19-11-7-4-8-12-19/h3-14,23,29,31H,15H2,1-2H3,(H,26,32)(H,28,30)/b27-14-. The summed E-state index contributed by atoms with van der Waals surface area (Å²) in [5.74, 6) is -1.49. The van der Waals surface area contributed by atoms with Crippen molar-refractivity contribution in [1.82, 2.24) is 10.7 Å². The molecule has 0 atom stereocenters. The van der Waals surface area contributed by atoms with E-state index in [-0.39, 0.29) is 24.0 Å². The van der Waals surface area contributed by atoms with E-state index in [9.17, 15) is 19.8 Å². The minimum absolute atomic E-state index is 0.0183. The average Bonchev–Trinajstić information content (AvgIpc) is 2.80. The van der Waals surface area contributed by atoms with E-state index < -0.39 is 11.8 Å². The largest absolute Gasteiger partial charge is 0.508 e. The lowest BCUT2D eigenvalue weighted by atomic mass is 9.90. The third-order valence-corrected chi connectivity index (χ3v) is 5.11. The molecule has 0 heterocycles. The number of aryl methyl sites for hydroxylation is 1. The lowest BCUT2D eigenvalue weighted by Crippen LogP contribution is -2.37. The molecule has 0 aromatic heterocycles. The molecule has 0 unspecified atom stereocenters. The third-order valence-electron chi connectivity index (χ3n) is 5.11. The van der Waals surface area contributed by atoms with Crippen LogP contribution in [-0.2, 0) is 9.59 Å². The summed E-state index contributed by atoms with van der Waals surface area (Å²) in [7, 11) is 0. The summed E-state index contributed by atoms with van der Waals surface area (Å²) in [5, 5.41) is 26.4. The first-order valence-corrected chi connectivity index (χ1v) is 10.1. The number of hydrazone groups is 1. The first-order chi connectivity index (χ1) is 15.4. The highest BCUT2D eigenvalue weighted by Crippen LogP contribution is 2.31. The van der Waals surface area contributed by atoms with Crippen LogP contribution < -0.4 is 10.7 Å². The molecule has 0 aliphatic carbocycles. The van der Waals surface area contributed by atoms with Crippen LogP contribution >= 0.6 is 0 Å². The number of nitrogens with one attached hydrogen (secondary N) is 2. The SMILES string of the molecule is Cc1cc(O)c(C)c(O)c1/C=N\NC(=O)CNC(=O)C(c1ccccc1)c1ccccc1. The molecule has 7 nitrogen and oxygen atoms in total. The quantitative estimate of drug-likeness (QED) is 0.340. The summed E-state index contributed by atoms with van der Waals surface area (Å²) in [6, 6.07) is 20.2. The summed E-state index contributed by atoms with van der Waals surface area (Å²) in [4.78, 5) is 25.1. The van der Waals surface area contributed by atoms with Crippen molar-refractivity contribution in [1.29, 1.82) is 0 Å². The van der Waals surface area contributed by atoms with Crippen LogP contribution in [0.15, 0.2) is 71.8 Å². The van der Waals surface area contributed by atoms with Gasteiger partial charge in [0.15, 0.2) is 0 Å². The van der Waals surface area contributed by atoms with Crippen molar-refractivity contribution in [2.24, 2.45) is 5.10 Å². The van der Waals surface area contributed by atoms with Crippen LogP contribution in [0.2, 0.25) is 0 Å². The highest BCUT2D eigenvalue weighted by Gasteiger charge is 2.22. The van der Waals surface area contributed by atoms with Crippen molar-refractivity contribution in [3.8, 4) is 11.5 Å². The zero-order valence-electron chi connectivity index (χ0n) is 17.9. The molecule has 32 heavy (non-hydrogen) atoms. The van der Waals surface area contributed by atoms with E-state index in [0.29, 0.717) is 16.7 Å². The number of rotatable bonds is 7. The molecule has 164 valence electrons. The first kappa shape index (κ1) is 22.6. The van der Waals surface area contributed by atoms with Gasteiger partial charge in [0.05, 0.1) is 18.7 Å². The fourth-order valence-corrected chi connectivity index (χ4v) is 3.33. The molecule has 3 aromatic rings. The van der Waals surface area contributed by atoms with Gasteiger partial charge in [-0.05, 0) is 36.6 Å². The molecule has 0 aliphatic rings. The average molecular weight is 431 g/mol. The number of phenolic OH excluding ortho intramolecular Hbond substituents is 2. The normalized spacial score (nSPS) is 11.0. The Morgan fingerprint density at radius 3 is 2.09 bits per heavy atom. The summed E-state index contributed by atoms with van der Waals surface area (Å²) < 4.78 is 0. The predicted molar refractivity (Wildman–Crippen MR) is 123 cm³/mol. The molecule has 7 heteroatoms. The van der Waals surface area contributed by atoms with E-state index in [1.165, 1.54) is 12.3 Å². The molecular weight excluding hydrogens is 406 g/mol. The highest BCUT2D eigenvalue weighted by molar-refractivity contribution is 5.91. The van der Waals surface area contributed by atoms with Gasteiger partial charge in [-0.1, -0.05) is 60.7 Å². The lowest BCUT2D eigenvalue weighted by Gasteiger charge is -2.17. The second kappa shape index (κ2) is 10.3. The molecular formula is C25H25N3O4. The Morgan fingerprint density at radius 1 is 0.969 bits per heavy atom. The molecule has 0 saturated carbocycles. The number of hydrogen-bond acceptors (Lipinski definition) is 5. The molecule has 0 saturated heterocycles. The fourth-order valence-electron chi connectivity index (χ4n) is 3.33. The Kier molecular flexibility index (Phi) is 7.23. The Morgan fingerprint density at radius 2 is 1.53 bits per heavy atom. The number of benzene rings is 3. The zero-order chi connectivity index (χ0) is 23.1. The van der Waals surface area contributed by atoms with E-state index in [1.807, 2.05) is 60.7 Å². The number of hydrogen-bond donors (Lipinski definition) is 4. The van der Waals surface area contributed by atoms with Gasteiger partial charge in [-0.25, -0.2) is 5.43 Å². The van der Waals surface area contributed by atoms with Gasteiger partial charge in [-0.15, -0.1) is 0 Å². The van der Waals surface area contributed by atoms with Crippen molar-refractivity contribution < 1.29 is 19.8 Å². The summed E-state index contributed by atoms with van der Waals surface area (Å²) >= 11 is 0. The van der Waals surface area contributed by atoms with E-state index in [0.717, 1.165) is 11.1 Å². The van der Waals surface area contributed by atoms with Crippen LogP contribution in [0.4, 0.5) is 0 Å². The van der Waals surface area contributed by atoms with E-state index in [2.05, 4.69) is 15.8 Å². The molecule has 3 aromatic carbocycles. The van der Waals surface area contributed by atoms with Crippen LogP contribution in [0.1, 0.15) is 33.7 Å². The number of phenols is 2. The summed E-state index contributed by atoms with van der Waals surface area (Å²) in [6.45, 7) is 3.02. The maximum absolute atomic E-state index is 12.9. The van der Waals surface area contributed by atoms with Gasteiger partial charge in [0, 0.05) is 11.1 Å². The Bertz CT molecular complexity index is 1090. The van der Waals surface area contributed by atoms with E-state index in [1.54, 1.807) is 13.8 Å². The second-order valence-corrected chi connectivity index (χ2v) is 7.37. The Balaban J connectivity index is 1.64. The van der Waals surface area contributed by atoms with Crippen LogP contribution in [0.3, 0.4) is 0 Å². The van der Waals surface area contributed by atoms with Gasteiger partial charge in [-0.2, -0.15) is 5.10 Å². The van der Waals surface area contributed by atoms with Gasteiger partial charge in [0.2, 0.25) is 5.91 Å². The molecule has 3 rings (SSSR count). The third kappa shape index (κ3) is 5.31. The number of aromatic hydroxyl groups is 2. The maximum Gasteiger partial charge on any atom is 0.259 e. The number of carbonyl (C=O) groups is 2. The van der Waals surface area contributed by atoms with Crippen molar-refractivity contribution in [3.05, 3.63) is 94.5 Å². The number of nitrogens with zero attached hydrogens (tertiary/aromatic N) is 1. The molecule has 0 aliphatic heterocycles. The smallest absolute Gasteiger partial charge is 0.259 e. The fraction of sp³-hybridized carbons (Fsp3) is 0.160. The molecule has 2 amide bonds. The first-order valence-electron chi connectivity index (χ1n) is 10.1. The molecule has 0 spiro atoms. The topological polar surface area (TPSA) is 111 Å². The second-order valence-electron chi connectivity index (χ2n) is 7.37. The predicted octanol–water partition coefficient (Wildman–Crippen LogP) is 3.11. The van der Waals surface area contributed by atoms with Gasteiger partial charge >= 0.3 is 0 Å². The molecule has 0 radical (unpaired) electrons. The minimum Gasteiger partial charge on any atom is -0.508 e. The van der Waals surface area contributed by atoms with Crippen molar-refractivity contribution in [2.75, 3.05) is 6.54 Å². The van der Waals surface area contributed by atoms with Gasteiger partial charge in [0.1, 0.15) is 11.5 Å². The Labute approximate surface area is 186 Å². The minimum atomic E-state index is -0.548. The van der Waals surface area contributed by atoms with Gasteiger partial charge < -0.3 is 15.5 Å². The lowest BCUT2D eigenvalue weighted by molar-refractivity contribution is -0.126. The van der Waals surface area contributed by atoms with E-state index >= 15 is 0 Å². The van der Waals surface area contributed by atoms with Crippen molar-refractivity contribution >= 4 is 18.0 Å². The van der Waals surface area contributed by atoms with Crippen LogP contribution in [0, 0.1) is 13.8 Å². The van der Waals surface area contributed by atoms with Crippen LogP contribution in [0.5, 0.6) is 11.5 Å². The number of carbonyl (C=O) groups excluding carboxylic acids is 2. The van der Waals surface area contributed by atoms with Crippen molar-refractivity contribution in [2.45, 2.75) is 19.8 Å². The van der Waals surface area contributed by atoms with Gasteiger partial charge in [0.25, 0.3) is 5.91 Å². The summed E-state index contributed by atoms with van der Waals surface area (Å²) in [6.07, 6.45) is 1.30. The zero-order valence-corrected chi connectivity index (χ0v) is 17.9. The van der Waals surface area contributed by atoms with Gasteiger partial charge in [-0.3, -0.25) is 9.59 Å². The highest BCUT2D eigenvalue weighted by atomic mass is 16.3. The summed E-state index contributed by atoms with van der Waals surface area (Å²) in [5.41, 5.74) is 5.29. The molecule has 0 fully saturated rings.